The molecular weight excluding hydrogens is 287 g/mol. The Labute approximate surface area is 121 Å². The molecule has 120 valence electrons. The summed E-state index contributed by atoms with van der Waals surface area (Å²) in [6.45, 7) is 0.580. The minimum absolute atomic E-state index is 0.0544. The van der Waals surface area contributed by atoms with Gasteiger partial charge in [-0.2, -0.15) is 13.2 Å². The minimum atomic E-state index is -4.40. The van der Waals surface area contributed by atoms with Crippen LogP contribution in [0.2, 0.25) is 0 Å². The highest BCUT2D eigenvalue weighted by Gasteiger charge is 2.30. The first-order valence-corrected chi connectivity index (χ1v) is 6.37. The molecule has 0 spiro atoms. The number of nitrogens with one attached hydrogen (secondary N) is 1. The first-order chi connectivity index (χ1) is 9.50. The average Bonchev–Trinajstić information content (AvgIpc) is 2.69. The molecule has 21 heavy (non-hydrogen) atoms. The Balaban J connectivity index is 2.67. The predicted molar refractivity (Wildman–Crippen MR) is 72.0 cm³/mol. The highest BCUT2D eigenvalue weighted by Crippen LogP contribution is 2.19. The first-order valence-electron chi connectivity index (χ1n) is 6.37. The molecule has 1 atom stereocenters. The molecule has 0 aliphatic rings. The van der Waals surface area contributed by atoms with E-state index in [0.717, 1.165) is 4.57 Å². The Morgan fingerprint density at radius 3 is 2.57 bits per heavy atom. The number of carbonyl (C=O) groups excluding carboxylic acids is 1. The van der Waals surface area contributed by atoms with Gasteiger partial charge in [0.2, 0.25) is 0 Å². The van der Waals surface area contributed by atoms with Crippen LogP contribution in [0.1, 0.15) is 17.4 Å². The van der Waals surface area contributed by atoms with E-state index in [2.05, 4.69) is 5.32 Å². The summed E-state index contributed by atoms with van der Waals surface area (Å²) in [6, 6.07) is 2.68. The molecule has 5 nitrogen and oxygen atoms in total. The topological polar surface area (TPSA) is 57.5 Å². The molecule has 8 heteroatoms. The third kappa shape index (κ3) is 6.17. The highest BCUT2D eigenvalue weighted by atomic mass is 19.4. The van der Waals surface area contributed by atoms with Crippen molar-refractivity contribution >= 4 is 5.91 Å². The molecule has 1 heterocycles. The Kier molecular flexibility index (Phi) is 5.41. The van der Waals surface area contributed by atoms with Crippen molar-refractivity contribution < 1.29 is 23.1 Å². The van der Waals surface area contributed by atoms with Crippen molar-refractivity contribution in [1.29, 1.82) is 0 Å². The smallest absolute Gasteiger partial charge is 0.387 e. The van der Waals surface area contributed by atoms with Crippen LogP contribution in [0.3, 0.4) is 0 Å². The van der Waals surface area contributed by atoms with Crippen LogP contribution in [0, 0.1) is 0 Å². The Morgan fingerprint density at radius 1 is 1.43 bits per heavy atom. The van der Waals surface area contributed by atoms with Gasteiger partial charge in [-0.05, 0) is 33.2 Å². The van der Waals surface area contributed by atoms with Crippen molar-refractivity contribution in [2.75, 3.05) is 27.2 Å². The third-order valence-electron chi connectivity index (χ3n) is 2.70. The summed E-state index contributed by atoms with van der Waals surface area (Å²) in [4.78, 5) is 13.7. The van der Waals surface area contributed by atoms with E-state index < -0.39 is 24.2 Å². The number of carbonyl (C=O) groups is 1. The number of nitrogens with zero attached hydrogens (tertiary/aromatic N) is 2. The van der Waals surface area contributed by atoms with Crippen LogP contribution < -0.4 is 5.32 Å². The Morgan fingerprint density at radius 2 is 2.05 bits per heavy atom. The van der Waals surface area contributed by atoms with Crippen molar-refractivity contribution in [3.05, 3.63) is 24.0 Å². The maximum absolute atomic E-state index is 12.4. The molecule has 1 unspecified atom stereocenters. The molecule has 0 saturated carbocycles. The summed E-state index contributed by atoms with van der Waals surface area (Å²) in [7, 11) is 3.54. The van der Waals surface area contributed by atoms with Crippen LogP contribution >= 0.6 is 0 Å². The van der Waals surface area contributed by atoms with E-state index >= 15 is 0 Å². The quantitative estimate of drug-likeness (QED) is 0.827. The Hall–Kier alpha value is -1.54. The van der Waals surface area contributed by atoms with Gasteiger partial charge >= 0.3 is 6.18 Å². The van der Waals surface area contributed by atoms with E-state index in [9.17, 15) is 23.1 Å². The summed E-state index contributed by atoms with van der Waals surface area (Å²) in [5.74, 6) is -0.650. The van der Waals surface area contributed by atoms with E-state index in [-0.39, 0.29) is 12.2 Å². The van der Waals surface area contributed by atoms with Crippen molar-refractivity contribution in [2.24, 2.45) is 0 Å². The summed E-state index contributed by atoms with van der Waals surface area (Å²) < 4.78 is 38.0. The van der Waals surface area contributed by atoms with E-state index in [0.29, 0.717) is 6.54 Å². The molecule has 0 saturated heterocycles. The van der Waals surface area contributed by atoms with Gasteiger partial charge in [0.15, 0.2) is 0 Å². The van der Waals surface area contributed by atoms with Gasteiger partial charge in [-0.3, -0.25) is 4.79 Å². The van der Waals surface area contributed by atoms with Gasteiger partial charge in [-0.15, -0.1) is 0 Å². The van der Waals surface area contributed by atoms with Gasteiger partial charge in [0.1, 0.15) is 12.2 Å². The molecule has 1 rings (SSSR count). The van der Waals surface area contributed by atoms with Crippen LogP contribution in [0.25, 0.3) is 0 Å². The van der Waals surface area contributed by atoms with E-state index in [4.69, 9.17) is 0 Å². The predicted octanol–water partition coefficient (Wildman–Crippen LogP) is 1.09. The van der Waals surface area contributed by atoms with Crippen molar-refractivity contribution in [1.82, 2.24) is 14.8 Å². The van der Waals surface area contributed by atoms with Gasteiger partial charge in [0.05, 0.1) is 5.60 Å². The first kappa shape index (κ1) is 17.5. The van der Waals surface area contributed by atoms with Gasteiger partial charge in [-0.1, -0.05) is 0 Å². The molecule has 0 radical (unpaired) electrons. The molecular formula is C13H20F3N3O2. The number of halogens is 3. The average molecular weight is 307 g/mol. The molecule has 0 aliphatic heterocycles. The number of alkyl halides is 3. The van der Waals surface area contributed by atoms with Crippen molar-refractivity contribution in [3.63, 3.8) is 0 Å². The lowest BCUT2D eigenvalue weighted by molar-refractivity contribution is -0.140. The zero-order valence-corrected chi connectivity index (χ0v) is 12.2. The fraction of sp³-hybridized carbons (Fsp3) is 0.615. The van der Waals surface area contributed by atoms with E-state index in [1.54, 1.807) is 25.9 Å². The lowest BCUT2D eigenvalue weighted by Gasteiger charge is -2.27. The van der Waals surface area contributed by atoms with Crippen LogP contribution in [-0.2, 0) is 6.54 Å². The fourth-order valence-electron chi connectivity index (χ4n) is 2.05. The zero-order chi connectivity index (χ0) is 16.3. The van der Waals surface area contributed by atoms with Gasteiger partial charge < -0.3 is 19.9 Å². The lowest BCUT2D eigenvalue weighted by Crippen LogP contribution is -2.47. The fourth-order valence-corrected chi connectivity index (χ4v) is 2.05. The third-order valence-corrected chi connectivity index (χ3v) is 2.70. The minimum Gasteiger partial charge on any atom is -0.387 e. The highest BCUT2D eigenvalue weighted by molar-refractivity contribution is 5.92. The summed E-state index contributed by atoms with van der Waals surface area (Å²) in [5, 5.41) is 12.5. The number of likely N-dealkylation sites (N-methyl/N-ethyl adjacent to an activating group) is 1. The van der Waals surface area contributed by atoms with Crippen LogP contribution in [-0.4, -0.2) is 59.4 Å². The molecule has 0 aromatic carbocycles. The van der Waals surface area contributed by atoms with Crippen LogP contribution in [0.15, 0.2) is 18.3 Å². The zero-order valence-electron chi connectivity index (χ0n) is 12.2. The molecule has 0 aliphatic carbocycles. The summed E-state index contributed by atoms with van der Waals surface area (Å²) >= 11 is 0. The van der Waals surface area contributed by atoms with E-state index in [1.807, 2.05) is 0 Å². The Bertz CT molecular complexity index is 481. The van der Waals surface area contributed by atoms with Crippen LogP contribution in [0.5, 0.6) is 0 Å². The standard InChI is InChI=1S/C13H20F3N3O2/c1-12(21,8-18(2)3)7-17-11(20)10-5-4-6-19(10)9-13(14,15)16/h4-6,21H,7-9H2,1-3H3,(H,17,20). The molecule has 0 fully saturated rings. The number of hydrogen-bond acceptors (Lipinski definition) is 3. The second-order valence-corrected chi connectivity index (χ2v) is 5.55. The second-order valence-electron chi connectivity index (χ2n) is 5.55. The summed E-state index contributed by atoms with van der Waals surface area (Å²) in [5.41, 5.74) is -1.26. The molecule has 1 amide bonds. The number of rotatable bonds is 6. The normalized spacial score (nSPS) is 15.0. The number of aromatic nitrogens is 1. The molecule has 0 bridgehead atoms. The van der Waals surface area contributed by atoms with Gasteiger partial charge in [-0.25, -0.2) is 0 Å². The van der Waals surface area contributed by atoms with E-state index in [1.165, 1.54) is 18.3 Å². The molecule has 1 aromatic rings. The SMILES string of the molecule is CN(C)CC(C)(O)CNC(=O)c1cccn1CC(F)(F)F. The van der Waals surface area contributed by atoms with Crippen molar-refractivity contribution in [2.45, 2.75) is 25.2 Å². The maximum Gasteiger partial charge on any atom is 0.406 e. The van der Waals surface area contributed by atoms with Crippen LogP contribution in [0.4, 0.5) is 13.2 Å². The van der Waals surface area contributed by atoms with Crippen molar-refractivity contribution in [3.8, 4) is 0 Å². The maximum atomic E-state index is 12.4. The second kappa shape index (κ2) is 6.48. The lowest BCUT2D eigenvalue weighted by atomic mass is 10.1. The molecule has 2 N–H and O–H groups in total. The monoisotopic (exact) mass is 307 g/mol. The molecule has 1 aromatic heterocycles. The number of hydrogen-bond donors (Lipinski definition) is 2. The van der Waals surface area contributed by atoms with Gasteiger partial charge in [0, 0.05) is 19.3 Å². The number of aliphatic hydroxyl groups is 1. The largest absolute Gasteiger partial charge is 0.406 e. The van der Waals surface area contributed by atoms with Gasteiger partial charge in [0.25, 0.3) is 5.91 Å². The summed E-state index contributed by atoms with van der Waals surface area (Å²) in [6.07, 6.45) is -3.20. The number of amides is 1.